The summed E-state index contributed by atoms with van der Waals surface area (Å²) in [4.78, 5) is 4.42. The predicted octanol–water partition coefficient (Wildman–Crippen LogP) is 4.57. The zero-order valence-corrected chi connectivity index (χ0v) is 13.8. The molecule has 1 aromatic carbocycles. The van der Waals surface area contributed by atoms with Gasteiger partial charge in [0.2, 0.25) is 0 Å². The average molecular weight is 284 g/mol. The second kappa shape index (κ2) is 6.57. The molecule has 1 heterocycles. The van der Waals surface area contributed by atoms with Crippen LogP contribution >= 0.6 is 0 Å². The fourth-order valence-electron chi connectivity index (χ4n) is 3.34. The molecule has 0 saturated carbocycles. The summed E-state index contributed by atoms with van der Waals surface area (Å²) in [5.74, 6) is 0.660. The molecule has 2 heteroatoms. The number of fused-ring (bicyclic) bond motifs is 1. The zero-order valence-electron chi connectivity index (χ0n) is 13.8. The molecule has 114 valence electrons. The topological polar surface area (TPSA) is 38.9 Å². The Morgan fingerprint density at radius 2 is 1.86 bits per heavy atom. The van der Waals surface area contributed by atoms with E-state index in [-0.39, 0.29) is 6.04 Å². The highest BCUT2D eigenvalue weighted by Crippen LogP contribution is 2.27. The van der Waals surface area contributed by atoms with E-state index in [1.165, 1.54) is 17.4 Å². The standard InChI is InChI=1S/C19H28N2/c1-14(13-19(2,3)4)11-16(20)12-15-9-10-21-18-8-6-5-7-17(15)18/h5-10,14,16H,11-13,20H2,1-4H3. The lowest BCUT2D eigenvalue weighted by atomic mass is 9.82. The van der Waals surface area contributed by atoms with Gasteiger partial charge in [-0.05, 0) is 48.3 Å². The van der Waals surface area contributed by atoms with Crippen LogP contribution in [0, 0.1) is 11.3 Å². The van der Waals surface area contributed by atoms with Gasteiger partial charge in [-0.2, -0.15) is 0 Å². The smallest absolute Gasteiger partial charge is 0.0704 e. The summed E-state index contributed by atoms with van der Waals surface area (Å²) < 4.78 is 0. The van der Waals surface area contributed by atoms with E-state index >= 15 is 0 Å². The Hall–Kier alpha value is -1.41. The van der Waals surface area contributed by atoms with Crippen molar-refractivity contribution in [3.05, 3.63) is 42.1 Å². The van der Waals surface area contributed by atoms with Gasteiger partial charge in [-0.25, -0.2) is 0 Å². The highest BCUT2D eigenvalue weighted by atomic mass is 14.7. The van der Waals surface area contributed by atoms with Crippen LogP contribution in [0.3, 0.4) is 0 Å². The maximum Gasteiger partial charge on any atom is 0.0704 e. The lowest BCUT2D eigenvalue weighted by molar-refractivity contribution is 0.285. The van der Waals surface area contributed by atoms with Crippen molar-refractivity contribution in [2.75, 3.05) is 0 Å². The van der Waals surface area contributed by atoms with Crippen molar-refractivity contribution in [2.45, 2.75) is 53.0 Å². The molecule has 0 spiro atoms. The second-order valence-electron chi connectivity index (χ2n) is 7.56. The molecule has 2 atom stereocenters. The van der Waals surface area contributed by atoms with Gasteiger partial charge < -0.3 is 5.73 Å². The van der Waals surface area contributed by atoms with Crippen molar-refractivity contribution in [1.82, 2.24) is 4.98 Å². The first-order valence-electron chi connectivity index (χ1n) is 7.93. The van der Waals surface area contributed by atoms with E-state index in [2.05, 4.69) is 56.9 Å². The van der Waals surface area contributed by atoms with Gasteiger partial charge in [0.05, 0.1) is 5.52 Å². The number of benzene rings is 1. The Morgan fingerprint density at radius 1 is 1.14 bits per heavy atom. The van der Waals surface area contributed by atoms with E-state index in [1.54, 1.807) is 0 Å². The summed E-state index contributed by atoms with van der Waals surface area (Å²) in [7, 11) is 0. The summed E-state index contributed by atoms with van der Waals surface area (Å²) in [6.45, 7) is 9.21. The van der Waals surface area contributed by atoms with Gasteiger partial charge in [0.15, 0.2) is 0 Å². The highest BCUT2D eigenvalue weighted by Gasteiger charge is 2.18. The van der Waals surface area contributed by atoms with E-state index < -0.39 is 0 Å². The summed E-state index contributed by atoms with van der Waals surface area (Å²) in [6.07, 6.45) is 5.12. The van der Waals surface area contributed by atoms with E-state index in [4.69, 9.17) is 5.73 Å². The average Bonchev–Trinajstić information content (AvgIpc) is 2.36. The summed E-state index contributed by atoms with van der Waals surface area (Å²) in [5.41, 5.74) is 9.15. The van der Waals surface area contributed by atoms with Crippen LogP contribution in [-0.2, 0) is 6.42 Å². The Bertz CT molecular complexity index is 578. The molecule has 21 heavy (non-hydrogen) atoms. The van der Waals surface area contributed by atoms with Crippen LogP contribution in [0.2, 0.25) is 0 Å². The molecule has 0 aliphatic heterocycles. The number of rotatable bonds is 5. The van der Waals surface area contributed by atoms with Crippen molar-refractivity contribution in [2.24, 2.45) is 17.1 Å². The third-order valence-electron chi connectivity index (χ3n) is 3.89. The first-order valence-corrected chi connectivity index (χ1v) is 7.93. The largest absolute Gasteiger partial charge is 0.327 e. The Morgan fingerprint density at radius 3 is 2.57 bits per heavy atom. The zero-order chi connectivity index (χ0) is 15.5. The molecule has 2 rings (SSSR count). The predicted molar refractivity (Wildman–Crippen MR) is 91.3 cm³/mol. The third kappa shape index (κ3) is 4.82. The minimum absolute atomic E-state index is 0.216. The SMILES string of the molecule is CC(CC(N)Cc1ccnc2ccccc12)CC(C)(C)C. The molecule has 0 aliphatic carbocycles. The molecule has 0 saturated heterocycles. The molecule has 0 fully saturated rings. The molecule has 2 unspecified atom stereocenters. The highest BCUT2D eigenvalue weighted by molar-refractivity contribution is 5.81. The van der Waals surface area contributed by atoms with Gasteiger partial charge >= 0.3 is 0 Å². The van der Waals surface area contributed by atoms with Crippen LogP contribution in [0.25, 0.3) is 10.9 Å². The summed E-state index contributed by atoms with van der Waals surface area (Å²) >= 11 is 0. The van der Waals surface area contributed by atoms with Gasteiger partial charge in [0.1, 0.15) is 0 Å². The Balaban J connectivity index is 2.03. The second-order valence-corrected chi connectivity index (χ2v) is 7.56. The normalized spacial score (nSPS) is 15.1. The number of hydrogen-bond acceptors (Lipinski definition) is 2. The Labute approximate surface area is 128 Å². The van der Waals surface area contributed by atoms with E-state index in [0.29, 0.717) is 11.3 Å². The monoisotopic (exact) mass is 284 g/mol. The fourth-order valence-corrected chi connectivity index (χ4v) is 3.34. The van der Waals surface area contributed by atoms with Crippen molar-refractivity contribution in [1.29, 1.82) is 0 Å². The number of aromatic nitrogens is 1. The molecular weight excluding hydrogens is 256 g/mol. The van der Waals surface area contributed by atoms with Crippen molar-refractivity contribution >= 4 is 10.9 Å². The fraction of sp³-hybridized carbons (Fsp3) is 0.526. The molecule has 0 amide bonds. The van der Waals surface area contributed by atoms with Crippen molar-refractivity contribution in [3.8, 4) is 0 Å². The lowest BCUT2D eigenvalue weighted by Gasteiger charge is -2.25. The molecule has 0 aliphatic rings. The number of pyridine rings is 1. The number of nitrogens with zero attached hydrogens (tertiary/aromatic N) is 1. The minimum Gasteiger partial charge on any atom is -0.327 e. The van der Waals surface area contributed by atoms with Crippen LogP contribution in [0.5, 0.6) is 0 Å². The number of nitrogens with two attached hydrogens (primary N) is 1. The van der Waals surface area contributed by atoms with E-state index in [9.17, 15) is 0 Å². The molecule has 1 aromatic heterocycles. The van der Waals surface area contributed by atoms with Crippen molar-refractivity contribution < 1.29 is 0 Å². The quantitative estimate of drug-likeness (QED) is 0.873. The molecule has 2 aromatic rings. The molecule has 2 nitrogen and oxygen atoms in total. The third-order valence-corrected chi connectivity index (χ3v) is 3.89. The number of para-hydroxylation sites is 1. The van der Waals surface area contributed by atoms with Crippen LogP contribution in [0.1, 0.15) is 46.1 Å². The van der Waals surface area contributed by atoms with Gasteiger partial charge in [-0.1, -0.05) is 45.9 Å². The van der Waals surface area contributed by atoms with Crippen molar-refractivity contribution in [3.63, 3.8) is 0 Å². The van der Waals surface area contributed by atoms with E-state index in [1.807, 2.05) is 12.3 Å². The van der Waals surface area contributed by atoms with Gasteiger partial charge in [0, 0.05) is 17.6 Å². The van der Waals surface area contributed by atoms with Gasteiger partial charge in [-0.3, -0.25) is 4.98 Å². The molecular formula is C19H28N2. The van der Waals surface area contributed by atoms with Gasteiger partial charge in [-0.15, -0.1) is 0 Å². The van der Waals surface area contributed by atoms with Crippen LogP contribution in [0.15, 0.2) is 36.5 Å². The maximum absolute atomic E-state index is 6.40. The van der Waals surface area contributed by atoms with Crippen LogP contribution in [0.4, 0.5) is 0 Å². The minimum atomic E-state index is 0.216. The van der Waals surface area contributed by atoms with E-state index in [0.717, 1.165) is 18.4 Å². The summed E-state index contributed by atoms with van der Waals surface area (Å²) in [5, 5.41) is 1.24. The lowest BCUT2D eigenvalue weighted by Crippen LogP contribution is -2.27. The first kappa shape index (κ1) is 16.0. The van der Waals surface area contributed by atoms with Crippen LogP contribution in [-0.4, -0.2) is 11.0 Å². The first-order chi connectivity index (χ1) is 9.85. The number of hydrogen-bond donors (Lipinski definition) is 1. The molecule has 0 radical (unpaired) electrons. The maximum atomic E-state index is 6.40. The molecule has 0 bridgehead atoms. The van der Waals surface area contributed by atoms with Crippen LogP contribution < -0.4 is 5.73 Å². The Kier molecular flexibility index (Phi) is 5.00. The van der Waals surface area contributed by atoms with Gasteiger partial charge in [0.25, 0.3) is 0 Å². The molecule has 2 N–H and O–H groups in total. The summed E-state index contributed by atoms with van der Waals surface area (Å²) in [6, 6.07) is 10.6.